The number of carbonyl (C=O) groups excluding carboxylic acids is 2. The molecule has 0 aromatic carbocycles. The smallest absolute Gasteiger partial charge is 0.233 e. The molecule has 0 radical (unpaired) electrons. The largest absolute Gasteiger partial charge is 0.469 e. The lowest BCUT2D eigenvalue weighted by Gasteiger charge is -2.31. The fraction of sp³-hybridized carbons (Fsp3) is 0.529. The van der Waals surface area contributed by atoms with E-state index in [0.717, 1.165) is 30.0 Å². The van der Waals surface area contributed by atoms with Gasteiger partial charge in [-0.2, -0.15) is 0 Å². The van der Waals surface area contributed by atoms with Crippen LogP contribution in [0.3, 0.4) is 0 Å². The number of rotatable bonds is 6. The molecule has 1 aliphatic heterocycles. The van der Waals surface area contributed by atoms with Crippen molar-refractivity contribution in [1.29, 1.82) is 0 Å². The van der Waals surface area contributed by atoms with E-state index in [1.165, 1.54) is 11.8 Å². The Morgan fingerprint density at radius 3 is 2.88 bits per heavy atom. The Balaban J connectivity index is 1.66. The van der Waals surface area contributed by atoms with Crippen molar-refractivity contribution in [2.45, 2.75) is 38.4 Å². The van der Waals surface area contributed by atoms with Crippen LogP contribution in [0.1, 0.15) is 25.5 Å². The van der Waals surface area contributed by atoms with Crippen molar-refractivity contribution in [2.24, 2.45) is 11.7 Å². The third-order valence-corrected chi connectivity index (χ3v) is 5.59. The number of hydrogen-bond acceptors (Lipinski definition) is 6. The van der Waals surface area contributed by atoms with Gasteiger partial charge in [-0.05, 0) is 32.8 Å². The van der Waals surface area contributed by atoms with Gasteiger partial charge in [0.05, 0.1) is 23.5 Å². The van der Waals surface area contributed by atoms with Gasteiger partial charge in [-0.25, -0.2) is 0 Å². The summed E-state index contributed by atoms with van der Waals surface area (Å²) < 4.78 is 7.32. The molecule has 0 spiro atoms. The summed E-state index contributed by atoms with van der Waals surface area (Å²) in [4.78, 5) is 25.6. The molecule has 3 heterocycles. The van der Waals surface area contributed by atoms with E-state index in [-0.39, 0.29) is 23.5 Å². The summed E-state index contributed by atoms with van der Waals surface area (Å²) in [7, 11) is 0. The van der Waals surface area contributed by atoms with Gasteiger partial charge >= 0.3 is 0 Å². The maximum Gasteiger partial charge on any atom is 0.233 e. The molecule has 0 bridgehead atoms. The van der Waals surface area contributed by atoms with Gasteiger partial charge in [0.1, 0.15) is 5.76 Å². The van der Waals surface area contributed by atoms with E-state index in [0.29, 0.717) is 24.8 Å². The van der Waals surface area contributed by atoms with Crippen molar-refractivity contribution < 1.29 is 14.0 Å². The lowest BCUT2D eigenvalue weighted by molar-refractivity contribution is -0.132. The van der Waals surface area contributed by atoms with Gasteiger partial charge in [-0.15, -0.1) is 10.2 Å². The van der Waals surface area contributed by atoms with Crippen molar-refractivity contribution >= 4 is 23.6 Å². The standard InChI is InChI=1S/C17H23N5O3S/c1-3-22-16(13-6-8-25-11(13)2)19-20-17(22)26-10-14(23)21-7-4-5-12(9-21)15(18)24/h6,8,12H,3-5,7,9-10H2,1-2H3,(H2,18,24). The third kappa shape index (κ3) is 3.77. The van der Waals surface area contributed by atoms with Crippen LogP contribution in [0.4, 0.5) is 0 Å². The molecule has 0 aliphatic carbocycles. The first kappa shape index (κ1) is 18.5. The van der Waals surface area contributed by atoms with Crippen molar-refractivity contribution in [3.8, 4) is 11.4 Å². The molecule has 2 N–H and O–H groups in total. The van der Waals surface area contributed by atoms with E-state index in [1.807, 2.05) is 24.5 Å². The summed E-state index contributed by atoms with van der Waals surface area (Å²) in [5.74, 6) is 1.20. The molecule has 140 valence electrons. The molecule has 1 atom stereocenters. The fourth-order valence-corrected chi connectivity index (χ4v) is 4.06. The predicted molar refractivity (Wildman–Crippen MR) is 97.4 cm³/mol. The zero-order valence-electron chi connectivity index (χ0n) is 15.0. The second kappa shape index (κ2) is 7.94. The Bertz CT molecular complexity index is 800. The van der Waals surface area contributed by atoms with Crippen LogP contribution in [-0.4, -0.2) is 50.3 Å². The minimum atomic E-state index is -0.332. The van der Waals surface area contributed by atoms with Crippen LogP contribution in [0, 0.1) is 12.8 Å². The topological polar surface area (TPSA) is 107 Å². The first-order chi connectivity index (χ1) is 12.5. The van der Waals surface area contributed by atoms with Gasteiger partial charge in [0.2, 0.25) is 11.8 Å². The highest BCUT2D eigenvalue weighted by Crippen LogP contribution is 2.27. The summed E-state index contributed by atoms with van der Waals surface area (Å²) in [5.41, 5.74) is 6.28. The van der Waals surface area contributed by atoms with Gasteiger partial charge in [0.15, 0.2) is 11.0 Å². The third-order valence-electron chi connectivity index (χ3n) is 4.63. The van der Waals surface area contributed by atoms with Crippen LogP contribution < -0.4 is 5.73 Å². The Kier molecular flexibility index (Phi) is 5.65. The van der Waals surface area contributed by atoms with Crippen LogP contribution in [0.25, 0.3) is 11.4 Å². The van der Waals surface area contributed by atoms with Gasteiger partial charge in [-0.1, -0.05) is 11.8 Å². The van der Waals surface area contributed by atoms with Gasteiger partial charge in [0, 0.05) is 19.6 Å². The highest BCUT2D eigenvalue weighted by molar-refractivity contribution is 7.99. The Morgan fingerprint density at radius 2 is 2.23 bits per heavy atom. The van der Waals surface area contributed by atoms with Crippen LogP contribution in [-0.2, 0) is 16.1 Å². The van der Waals surface area contributed by atoms with Crippen LogP contribution in [0.15, 0.2) is 21.9 Å². The minimum Gasteiger partial charge on any atom is -0.469 e. The second-order valence-corrected chi connectivity index (χ2v) is 7.25. The number of piperidine rings is 1. The zero-order chi connectivity index (χ0) is 18.7. The van der Waals surface area contributed by atoms with E-state index in [9.17, 15) is 9.59 Å². The number of furan rings is 1. The van der Waals surface area contributed by atoms with E-state index < -0.39 is 0 Å². The van der Waals surface area contributed by atoms with E-state index in [2.05, 4.69) is 10.2 Å². The van der Waals surface area contributed by atoms with Crippen LogP contribution >= 0.6 is 11.8 Å². The highest BCUT2D eigenvalue weighted by Gasteiger charge is 2.27. The van der Waals surface area contributed by atoms with Gasteiger partial charge in [0.25, 0.3) is 0 Å². The number of thioether (sulfide) groups is 1. The highest BCUT2D eigenvalue weighted by atomic mass is 32.2. The maximum atomic E-state index is 12.5. The number of nitrogens with zero attached hydrogens (tertiary/aromatic N) is 4. The molecule has 2 aromatic heterocycles. The number of carbonyl (C=O) groups is 2. The zero-order valence-corrected chi connectivity index (χ0v) is 15.8. The summed E-state index contributed by atoms with van der Waals surface area (Å²) in [5, 5.41) is 9.19. The number of likely N-dealkylation sites (tertiary alicyclic amines) is 1. The van der Waals surface area contributed by atoms with Gasteiger partial charge < -0.3 is 19.6 Å². The van der Waals surface area contributed by atoms with Crippen LogP contribution in [0.5, 0.6) is 0 Å². The Labute approximate surface area is 156 Å². The van der Waals surface area contributed by atoms with E-state index in [1.54, 1.807) is 11.2 Å². The lowest BCUT2D eigenvalue weighted by atomic mass is 9.97. The van der Waals surface area contributed by atoms with Crippen molar-refractivity contribution in [3.05, 3.63) is 18.1 Å². The Morgan fingerprint density at radius 1 is 1.42 bits per heavy atom. The van der Waals surface area contributed by atoms with Crippen LogP contribution in [0.2, 0.25) is 0 Å². The first-order valence-electron chi connectivity index (χ1n) is 8.68. The normalized spacial score (nSPS) is 17.5. The molecule has 9 heteroatoms. The monoisotopic (exact) mass is 377 g/mol. The molecule has 26 heavy (non-hydrogen) atoms. The van der Waals surface area contributed by atoms with E-state index in [4.69, 9.17) is 10.2 Å². The predicted octanol–water partition coefficient (Wildman–Crippen LogP) is 1.68. The molecule has 1 unspecified atom stereocenters. The molecule has 8 nitrogen and oxygen atoms in total. The summed E-state index contributed by atoms with van der Waals surface area (Å²) in [6, 6.07) is 1.86. The number of aromatic nitrogens is 3. The maximum absolute atomic E-state index is 12.5. The summed E-state index contributed by atoms with van der Waals surface area (Å²) in [6.07, 6.45) is 3.18. The molecular weight excluding hydrogens is 354 g/mol. The molecular formula is C17H23N5O3S. The van der Waals surface area contributed by atoms with Crippen molar-refractivity contribution in [1.82, 2.24) is 19.7 Å². The fourth-order valence-electron chi connectivity index (χ4n) is 3.15. The molecule has 1 fully saturated rings. The quantitative estimate of drug-likeness (QED) is 0.768. The number of aryl methyl sites for hydroxylation is 1. The summed E-state index contributed by atoms with van der Waals surface area (Å²) in [6.45, 7) is 5.66. The number of primary amides is 1. The molecule has 1 saturated heterocycles. The molecule has 1 aliphatic rings. The first-order valence-corrected chi connectivity index (χ1v) is 9.67. The van der Waals surface area contributed by atoms with E-state index >= 15 is 0 Å². The average Bonchev–Trinajstić information content (AvgIpc) is 3.24. The average molecular weight is 377 g/mol. The Hall–Kier alpha value is -2.29. The number of nitrogens with two attached hydrogens (primary N) is 1. The number of amides is 2. The lowest BCUT2D eigenvalue weighted by Crippen LogP contribution is -2.44. The molecule has 2 aromatic rings. The molecule has 0 saturated carbocycles. The SMILES string of the molecule is CCn1c(SCC(=O)N2CCCC(C(N)=O)C2)nnc1-c1ccoc1C. The molecule has 2 amide bonds. The molecule has 3 rings (SSSR count). The second-order valence-electron chi connectivity index (χ2n) is 6.31. The van der Waals surface area contributed by atoms with Gasteiger partial charge in [-0.3, -0.25) is 9.59 Å². The number of hydrogen-bond donors (Lipinski definition) is 1. The summed E-state index contributed by atoms with van der Waals surface area (Å²) >= 11 is 1.36. The van der Waals surface area contributed by atoms with Crippen molar-refractivity contribution in [3.63, 3.8) is 0 Å². The van der Waals surface area contributed by atoms with Crippen molar-refractivity contribution in [2.75, 3.05) is 18.8 Å². The minimum absolute atomic E-state index is 0.00681.